The van der Waals surface area contributed by atoms with Gasteiger partial charge < -0.3 is 15.3 Å². The highest BCUT2D eigenvalue weighted by atomic mass is 16.3. The van der Waals surface area contributed by atoms with Crippen molar-refractivity contribution in [2.75, 3.05) is 32.1 Å². The molecule has 1 saturated heterocycles. The lowest BCUT2D eigenvalue weighted by molar-refractivity contribution is 0.425. The summed E-state index contributed by atoms with van der Waals surface area (Å²) >= 11 is 0. The number of nitrogens with one attached hydrogen (secondary N) is 1. The minimum atomic E-state index is 0.430. The zero-order valence-corrected chi connectivity index (χ0v) is 10.0. The van der Waals surface area contributed by atoms with Gasteiger partial charge in [0.2, 0.25) is 0 Å². The van der Waals surface area contributed by atoms with Crippen molar-refractivity contribution in [1.29, 1.82) is 0 Å². The molecule has 0 radical (unpaired) electrons. The Bertz CT molecular complexity index is 357. The second kappa shape index (κ2) is 4.74. The van der Waals surface area contributed by atoms with Crippen LogP contribution in [-0.2, 0) is 0 Å². The van der Waals surface area contributed by atoms with Crippen molar-refractivity contribution in [2.24, 2.45) is 0 Å². The molecule has 2 N–H and O–H groups in total. The Morgan fingerprint density at radius 2 is 2.19 bits per heavy atom. The Kier molecular flexibility index (Phi) is 3.34. The van der Waals surface area contributed by atoms with Gasteiger partial charge in [-0.1, -0.05) is 0 Å². The van der Waals surface area contributed by atoms with E-state index in [-0.39, 0.29) is 0 Å². The van der Waals surface area contributed by atoms with Crippen LogP contribution in [-0.4, -0.2) is 32.3 Å². The number of hydrogen-bond donors (Lipinski definition) is 2. The number of anilines is 1. The van der Waals surface area contributed by atoms with Crippen molar-refractivity contribution in [3.8, 4) is 5.75 Å². The standard InChI is InChI=1S/C13H20N2O/c1-15(2)11-5-6-13(16)12(8-11)10-4-3-7-14-9-10/h5-6,8,10,14,16H,3-4,7,9H2,1-2H3. The molecular formula is C13H20N2O. The summed E-state index contributed by atoms with van der Waals surface area (Å²) in [6, 6.07) is 5.86. The molecule has 0 spiro atoms. The van der Waals surface area contributed by atoms with Crippen LogP contribution in [0.4, 0.5) is 5.69 Å². The van der Waals surface area contributed by atoms with Crippen LogP contribution < -0.4 is 10.2 Å². The van der Waals surface area contributed by atoms with Crippen molar-refractivity contribution >= 4 is 5.69 Å². The number of phenolic OH excluding ortho intramolecular Hbond substituents is 1. The Labute approximate surface area is 97.1 Å². The van der Waals surface area contributed by atoms with Gasteiger partial charge in [0.1, 0.15) is 5.75 Å². The highest BCUT2D eigenvalue weighted by Crippen LogP contribution is 2.33. The zero-order valence-electron chi connectivity index (χ0n) is 10.0. The van der Waals surface area contributed by atoms with Crippen LogP contribution in [0.3, 0.4) is 0 Å². The van der Waals surface area contributed by atoms with Crippen LogP contribution in [0.1, 0.15) is 24.3 Å². The van der Waals surface area contributed by atoms with Gasteiger partial charge in [0.15, 0.2) is 0 Å². The van der Waals surface area contributed by atoms with Crippen LogP contribution in [0.2, 0.25) is 0 Å². The summed E-state index contributed by atoms with van der Waals surface area (Å²) in [6.07, 6.45) is 2.35. The van der Waals surface area contributed by atoms with Gasteiger partial charge in [-0.3, -0.25) is 0 Å². The van der Waals surface area contributed by atoms with Gasteiger partial charge in [0, 0.05) is 37.8 Å². The molecule has 1 heterocycles. The van der Waals surface area contributed by atoms with Crippen LogP contribution in [0.25, 0.3) is 0 Å². The van der Waals surface area contributed by atoms with E-state index in [2.05, 4.69) is 16.3 Å². The van der Waals surface area contributed by atoms with Gasteiger partial charge in [-0.25, -0.2) is 0 Å². The number of phenols is 1. The van der Waals surface area contributed by atoms with E-state index in [9.17, 15) is 5.11 Å². The molecule has 0 saturated carbocycles. The molecule has 1 fully saturated rings. The third kappa shape index (κ3) is 2.30. The number of benzene rings is 1. The molecule has 2 rings (SSSR count). The summed E-state index contributed by atoms with van der Waals surface area (Å²) < 4.78 is 0. The minimum absolute atomic E-state index is 0.430. The van der Waals surface area contributed by atoms with E-state index >= 15 is 0 Å². The van der Waals surface area contributed by atoms with Gasteiger partial charge in [0.25, 0.3) is 0 Å². The molecule has 0 amide bonds. The second-order valence-electron chi connectivity index (χ2n) is 4.68. The fraction of sp³-hybridized carbons (Fsp3) is 0.538. The molecule has 0 bridgehead atoms. The molecule has 88 valence electrons. The number of nitrogens with zero attached hydrogens (tertiary/aromatic N) is 1. The molecule has 3 heteroatoms. The van der Waals surface area contributed by atoms with Crippen molar-refractivity contribution < 1.29 is 5.11 Å². The maximum absolute atomic E-state index is 9.92. The zero-order chi connectivity index (χ0) is 11.5. The smallest absolute Gasteiger partial charge is 0.119 e. The summed E-state index contributed by atoms with van der Waals surface area (Å²) in [7, 11) is 4.05. The lowest BCUT2D eigenvalue weighted by atomic mass is 9.90. The minimum Gasteiger partial charge on any atom is -0.508 e. The normalized spacial score (nSPS) is 20.8. The predicted octanol–water partition coefficient (Wildman–Crippen LogP) is 1.93. The fourth-order valence-electron chi connectivity index (χ4n) is 2.26. The summed E-state index contributed by atoms with van der Waals surface area (Å²) in [5.41, 5.74) is 2.23. The van der Waals surface area contributed by atoms with Crippen LogP contribution in [0, 0.1) is 0 Å². The number of hydrogen-bond acceptors (Lipinski definition) is 3. The van der Waals surface area contributed by atoms with Gasteiger partial charge in [-0.05, 0) is 37.6 Å². The molecule has 3 nitrogen and oxygen atoms in total. The third-order valence-electron chi connectivity index (χ3n) is 3.26. The Morgan fingerprint density at radius 3 is 2.81 bits per heavy atom. The van der Waals surface area contributed by atoms with Crippen LogP contribution >= 0.6 is 0 Å². The van der Waals surface area contributed by atoms with E-state index in [1.807, 2.05) is 20.2 Å². The van der Waals surface area contributed by atoms with E-state index in [0.29, 0.717) is 11.7 Å². The first-order chi connectivity index (χ1) is 7.68. The summed E-state index contributed by atoms with van der Waals surface area (Å²) in [6.45, 7) is 2.08. The Balaban J connectivity index is 2.27. The SMILES string of the molecule is CN(C)c1ccc(O)c(C2CCCNC2)c1. The molecule has 1 unspecified atom stereocenters. The maximum atomic E-state index is 9.92. The number of rotatable bonds is 2. The molecule has 0 aromatic heterocycles. The first-order valence-electron chi connectivity index (χ1n) is 5.89. The number of aromatic hydroxyl groups is 1. The van der Waals surface area contributed by atoms with E-state index in [4.69, 9.17) is 0 Å². The van der Waals surface area contributed by atoms with Crippen molar-refractivity contribution in [3.05, 3.63) is 23.8 Å². The highest BCUT2D eigenvalue weighted by molar-refractivity contribution is 5.53. The van der Waals surface area contributed by atoms with E-state index in [0.717, 1.165) is 30.8 Å². The molecule has 1 atom stereocenters. The van der Waals surface area contributed by atoms with Crippen LogP contribution in [0.15, 0.2) is 18.2 Å². The summed E-state index contributed by atoms with van der Waals surface area (Å²) in [5.74, 6) is 0.882. The summed E-state index contributed by atoms with van der Waals surface area (Å²) in [4.78, 5) is 2.07. The first kappa shape index (κ1) is 11.3. The van der Waals surface area contributed by atoms with E-state index < -0.39 is 0 Å². The van der Waals surface area contributed by atoms with E-state index in [1.165, 1.54) is 6.42 Å². The Hall–Kier alpha value is -1.22. The maximum Gasteiger partial charge on any atom is 0.119 e. The largest absolute Gasteiger partial charge is 0.508 e. The quantitative estimate of drug-likeness (QED) is 0.799. The predicted molar refractivity (Wildman–Crippen MR) is 67.3 cm³/mol. The van der Waals surface area contributed by atoms with Crippen molar-refractivity contribution in [2.45, 2.75) is 18.8 Å². The summed E-state index contributed by atoms with van der Waals surface area (Å²) in [5, 5.41) is 13.3. The average Bonchev–Trinajstić information content (AvgIpc) is 2.30. The fourth-order valence-corrected chi connectivity index (χ4v) is 2.26. The van der Waals surface area contributed by atoms with Crippen molar-refractivity contribution in [3.63, 3.8) is 0 Å². The average molecular weight is 220 g/mol. The van der Waals surface area contributed by atoms with Gasteiger partial charge in [0.05, 0.1) is 0 Å². The van der Waals surface area contributed by atoms with Crippen molar-refractivity contribution in [1.82, 2.24) is 5.32 Å². The monoisotopic (exact) mass is 220 g/mol. The van der Waals surface area contributed by atoms with Gasteiger partial charge >= 0.3 is 0 Å². The molecule has 1 aromatic carbocycles. The lowest BCUT2D eigenvalue weighted by Crippen LogP contribution is -2.28. The van der Waals surface area contributed by atoms with Gasteiger partial charge in [-0.2, -0.15) is 0 Å². The Morgan fingerprint density at radius 1 is 1.38 bits per heavy atom. The highest BCUT2D eigenvalue weighted by Gasteiger charge is 2.18. The molecule has 0 aliphatic carbocycles. The number of piperidine rings is 1. The van der Waals surface area contributed by atoms with Crippen LogP contribution in [0.5, 0.6) is 5.75 Å². The topological polar surface area (TPSA) is 35.5 Å². The molecule has 1 aliphatic rings. The molecule has 1 aliphatic heterocycles. The van der Waals surface area contributed by atoms with E-state index in [1.54, 1.807) is 6.07 Å². The molecule has 1 aromatic rings. The molecular weight excluding hydrogens is 200 g/mol. The van der Waals surface area contributed by atoms with Gasteiger partial charge in [-0.15, -0.1) is 0 Å². The second-order valence-corrected chi connectivity index (χ2v) is 4.68. The molecule has 16 heavy (non-hydrogen) atoms. The first-order valence-corrected chi connectivity index (χ1v) is 5.89. The third-order valence-corrected chi connectivity index (χ3v) is 3.26. The lowest BCUT2D eigenvalue weighted by Gasteiger charge is -2.25.